The molecule has 10 nitrogen and oxygen atoms in total. The van der Waals surface area contributed by atoms with Crippen LogP contribution in [0.3, 0.4) is 0 Å². The van der Waals surface area contributed by atoms with Gasteiger partial charge in [-0.15, -0.1) is 0 Å². The van der Waals surface area contributed by atoms with Crippen LogP contribution in [0.5, 0.6) is 5.75 Å². The Bertz CT molecular complexity index is 2240. The maximum Gasteiger partial charge on any atom is 0.263 e. The molecule has 242 valence electrons. The first kappa shape index (κ1) is 31.4. The Morgan fingerprint density at radius 1 is 1.00 bits per heavy atom. The average molecular weight is 659 g/mol. The van der Waals surface area contributed by atoms with Gasteiger partial charge >= 0.3 is 0 Å². The van der Waals surface area contributed by atoms with Crippen LogP contribution in [0.25, 0.3) is 33.2 Å². The van der Waals surface area contributed by atoms with E-state index in [0.717, 1.165) is 24.9 Å². The van der Waals surface area contributed by atoms with Crippen molar-refractivity contribution in [1.29, 1.82) is 0 Å². The molecule has 0 amide bonds. The normalized spacial score (nSPS) is 13.3. The van der Waals surface area contributed by atoms with Gasteiger partial charge in [-0.1, -0.05) is 72.7 Å². The Morgan fingerprint density at radius 3 is 2.67 bits per heavy atom. The summed E-state index contributed by atoms with van der Waals surface area (Å²) in [4.78, 5) is 28.1. The van der Waals surface area contributed by atoms with E-state index in [9.17, 15) is 9.90 Å². The van der Waals surface area contributed by atoms with E-state index in [1.807, 2.05) is 42.5 Å². The van der Waals surface area contributed by atoms with Crippen LogP contribution in [0, 0.1) is 11.8 Å². The van der Waals surface area contributed by atoms with Crippen LogP contribution in [-0.4, -0.2) is 47.0 Å². The van der Waals surface area contributed by atoms with Gasteiger partial charge in [-0.25, -0.2) is 19.6 Å². The van der Waals surface area contributed by atoms with Crippen LogP contribution < -0.4 is 16.6 Å². The fourth-order valence-electron chi connectivity index (χ4n) is 6.40. The third-order valence-corrected chi connectivity index (χ3v) is 9.18. The molecule has 0 saturated heterocycles. The van der Waals surface area contributed by atoms with E-state index < -0.39 is 0 Å². The van der Waals surface area contributed by atoms with Crippen molar-refractivity contribution in [2.75, 3.05) is 12.3 Å². The molecule has 0 aliphatic heterocycles. The van der Waals surface area contributed by atoms with E-state index in [1.165, 1.54) is 32.0 Å². The van der Waals surface area contributed by atoms with Crippen molar-refractivity contribution in [2.24, 2.45) is 0 Å². The summed E-state index contributed by atoms with van der Waals surface area (Å²) < 4.78 is 3.29. The third-order valence-electron chi connectivity index (χ3n) is 8.81. The van der Waals surface area contributed by atoms with Gasteiger partial charge in [0.1, 0.15) is 36.0 Å². The summed E-state index contributed by atoms with van der Waals surface area (Å²) in [5, 5.41) is 20.2. The number of fused-ring (bicyclic) bond motifs is 2. The van der Waals surface area contributed by atoms with Crippen molar-refractivity contribution in [3.8, 4) is 28.8 Å². The number of nitrogens with one attached hydrogen (secondary N) is 1. The Balaban J connectivity index is 1.29. The van der Waals surface area contributed by atoms with Gasteiger partial charge in [0.05, 0.1) is 22.8 Å². The number of nitrogen functional groups attached to an aromatic ring is 1. The van der Waals surface area contributed by atoms with Crippen molar-refractivity contribution in [3.63, 3.8) is 0 Å². The summed E-state index contributed by atoms with van der Waals surface area (Å²) in [6, 6.07) is 20.4. The monoisotopic (exact) mass is 658 g/mol. The van der Waals surface area contributed by atoms with Crippen LogP contribution >= 0.6 is 11.6 Å². The second-order valence-electron chi connectivity index (χ2n) is 12.1. The van der Waals surface area contributed by atoms with Crippen molar-refractivity contribution in [1.82, 2.24) is 34.6 Å². The van der Waals surface area contributed by atoms with Gasteiger partial charge in [-0.05, 0) is 61.7 Å². The number of phenols is 1. The summed E-state index contributed by atoms with van der Waals surface area (Å²) in [5.41, 5.74) is 9.70. The molecule has 3 aromatic carbocycles. The molecule has 3 heterocycles. The van der Waals surface area contributed by atoms with Crippen molar-refractivity contribution >= 4 is 39.4 Å². The highest BCUT2D eigenvalue weighted by Gasteiger charge is 2.21. The lowest BCUT2D eigenvalue weighted by atomic mass is 10.1. The number of halogens is 1. The summed E-state index contributed by atoms with van der Waals surface area (Å²) >= 11 is 6.59. The largest absolute Gasteiger partial charge is 0.508 e. The number of aromatic hydroxyl groups is 1. The molecule has 48 heavy (non-hydrogen) atoms. The van der Waals surface area contributed by atoms with Crippen molar-refractivity contribution in [3.05, 3.63) is 105 Å². The van der Waals surface area contributed by atoms with E-state index in [0.29, 0.717) is 55.6 Å². The van der Waals surface area contributed by atoms with E-state index in [1.54, 1.807) is 33.5 Å². The number of nitrogens with zero attached hydrogens (tertiary/aromatic N) is 6. The lowest BCUT2D eigenvalue weighted by Crippen LogP contribution is -2.28. The average Bonchev–Trinajstić information content (AvgIpc) is 3.74. The number of aromatic nitrogens is 6. The fraction of sp³-hybridized carbons (Fsp3) is 0.270. The molecular formula is C37H35ClN8O2. The highest BCUT2D eigenvalue weighted by atomic mass is 35.5. The number of phenolic OH excluding ortho intramolecular Hbond substituents is 1. The van der Waals surface area contributed by atoms with Crippen molar-refractivity contribution in [2.45, 2.75) is 57.7 Å². The Labute approximate surface area is 282 Å². The number of benzene rings is 3. The highest BCUT2D eigenvalue weighted by molar-refractivity contribution is 6.31. The van der Waals surface area contributed by atoms with E-state index >= 15 is 0 Å². The van der Waals surface area contributed by atoms with Gasteiger partial charge in [0.15, 0.2) is 5.65 Å². The van der Waals surface area contributed by atoms with Crippen LogP contribution in [0.1, 0.15) is 55.5 Å². The van der Waals surface area contributed by atoms with Gasteiger partial charge in [-0.2, -0.15) is 5.10 Å². The molecule has 0 bridgehead atoms. The van der Waals surface area contributed by atoms with Crippen LogP contribution in [0.2, 0.25) is 5.02 Å². The molecule has 0 spiro atoms. The van der Waals surface area contributed by atoms with Crippen LogP contribution in [0.15, 0.2) is 77.9 Å². The van der Waals surface area contributed by atoms with Crippen LogP contribution in [-0.2, 0) is 13.1 Å². The Kier molecular flexibility index (Phi) is 9.05. The quantitative estimate of drug-likeness (QED) is 0.129. The minimum Gasteiger partial charge on any atom is -0.508 e. The standard InChI is InChI=1S/C37H35ClN8O2/c38-29-17-6-3-11-26(29)21-45-31(22-46-36-33(35(39)41-23-42-36)34(44-46)25-13-8-16-28(47)20-25)43-30-18-9-12-24(32(30)37(45)48)10-2-1-7-19-40-27-14-4-5-15-27/h3,6,8-9,11-13,16-18,20,23,27,40,47H,1,4-5,7,14-15,19,21-22H2,(H2,39,41,42). The predicted octanol–water partition coefficient (Wildman–Crippen LogP) is 5.90. The molecule has 3 aromatic heterocycles. The number of hydrogen-bond acceptors (Lipinski definition) is 8. The molecule has 11 heteroatoms. The Hall–Kier alpha value is -5.24. The maximum absolute atomic E-state index is 14.4. The molecule has 0 atom stereocenters. The molecule has 1 fully saturated rings. The molecule has 1 aliphatic carbocycles. The molecule has 4 N–H and O–H groups in total. The lowest BCUT2D eigenvalue weighted by molar-refractivity contribution is 0.475. The zero-order valence-electron chi connectivity index (χ0n) is 26.4. The number of rotatable bonds is 9. The number of unbranched alkanes of at least 4 members (excludes halogenated alkanes) is 1. The van der Waals surface area contributed by atoms with E-state index in [4.69, 9.17) is 27.4 Å². The fourth-order valence-corrected chi connectivity index (χ4v) is 6.59. The molecule has 6 aromatic rings. The second-order valence-corrected chi connectivity index (χ2v) is 12.5. The molecule has 0 unspecified atom stereocenters. The highest BCUT2D eigenvalue weighted by Crippen LogP contribution is 2.32. The first-order valence-electron chi connectivity index (χ1n) is 16.2. The Morgan fingerprint density at radius 2 is 1.83 bits per heavy atom. The molecule has 7 rings (SSSR count). The number of nitrogens with two attached hydrogens (primary N) is 1. The minimum atomic E-state index is -0.221. The summed E-state index contributed by atoms with van der Waals surface area (Å²) in [6.45, 7) is 1.24. The smallest absolute Gasteiger partial charge is 0.263 e. The molecular weight excluding hydrogens is 624 g/mol. The van der Waals surface area contributed by atoms with Gasteiger partial charge < -0.3 is 16.2 Å². The second kappa shape index (κ2) is 13.9. The lowest BCUT2D eigenvalue weighted by Gasteiger charge is -2.15. The van der Waals surface area contributed by atoms with E-state index in [2.05, 4.69) is 27.1 Å². The first-order chi connectivity index (χ1) is 23.5. The van der Waals surface area contributed by atoms with Gasteiger partial charge in [0.2, 0.25) is 0 Å². The third kappa shape index (κ3) is 6.47. The minimum absolute atomic E-state index is 0.0926. The molecule has 0 radical (unpaired) electrons. The molecule has 1 saturated carbocycles. The summed E-state index contributed by atoms with van der Waals surface area (Å²) in [5.74, 6) is 7.34. The summed E-state index contributed by atoms with van der Waals surface area (Å²) in [7, 11) is 0. The van der Waals surface area contributed by atoms with Crippen LogP contribution in [0.4, 0.5) is 5.82 Å². The zero-order chi connectivity index (χ0) is 33.0. The van der Waals surface area contributed by atoms with Crippen molar-refractivity contribution < 1.29 is 5.11 Å². The predicted molar refractivity (Wildman–Crippen MR) is 189 cm³/mol. The van der Waals surface area contributed by atoms with Gasteiger partial charge in [0, 0.05) is 28.6 Å². The maximum atomic E-state index is 14.4. The first-order valence-corrected chi connectivity index (χ1v) is 16.6. The SMILES string of the molecule is Nc1ncnc2c1c(-c1cccc(O)c1)nn2Cc1nc2cccc(C#CCCCNC3CCCC3)c2c(=O)n1Cc1ccccc1Cl. The van der Waals surface area contributed by atoms with Gasteiger partial charge in [0.25, 0.3) is 5.56 Å². The zero-order valence-corrected chi connectivity index (χ0v) is 27.1. The van der Waals surface area contributed by atoms with E-state index in [-0.39, 0.29) is 30.2 Å². The molecule has 1 aliphatic rings. The topological polar surface area (TPSA) is 137 Å². The number of anilines is 1. The summed E-state index contributed by atoms with van der Waals surface area (Å²) in [6.07, 6.45) is 8.19. The number of hydrogen-bond donors (Lipinski definition) is 3. The van der Waals surface area contributed by atoms with Gasteiger partial charge in [-0.3, -0.25) is 9.36 Å².